The molecule has 0 atom stereocenters. The van der Waals surface area contributed by atoms with Crippen LogP contribution in [0.1, 0.15) is 5.69 Å². The van der Waals surface area contributed by atoms with Gasteiger partial charge in [-0.2, -0.15) is 5.26 Å². The van der Waals surface area contributed by atoms with Crippen LogP contribution in [0.4, 0.5) is 0 Å². The van der Waals surface area contributed by atoms with E-state index >= 15 is 0 Å². The molecule has 2 aromatic heterocycles. The van der Waals surface area contributed by atoms with E-state index in [0.717, 1.165) is 14.4 Å². The monoisotopic (exact) mass is 265 g/mol. The Kier molecular flexibility index (Phi) is 2.57. The number of rotatable bonds is 1. The quantitative estimate of drug-likeness (QED) is 0.797. The Morgan fingerprint density at radius 2 is 2.21 bits per heavy atom. The van der Waals surface area contributed by atoms with Crippen LogP contribution in [0.3, 0.4) is 0 Å². The summed E-state index contributed by atoms with van der Waals surface area (Å²) in [7, 11) is 0. The molecule has 0 bridgehead atoms. The molecule has 0 amide bonds. The van der Waals surface area contributed by atoms with Crippen molar-refractivity contribution in [3.05, 3.63) is 34.0 Å². The van der Waals surface area contributed by atoms with E-state index in [1.807, 2.05) is 18.2 Å². The summed E-state index contributed by atoms with van der Waals surface area (Å²) in [6.45, 7) is 0. The van der Waals surface area contributed by atoms with Crippen LogP contribution in [0.2, 0.25) is 0 Å². The second kappa shape index (κ2) is 3.86. The zero-order chi connectivity index (χ0) is 9.97. The molecule has 2 rings (SSSR count). The predicted octanol–water partition coefficient (Wildman–Crippen LogP) is 2.84. The Balaban J connectivity index is 2.47. The van der Waals surface area contributed by atoms with E-state index in [-0.39, 0.29) is 0 Å². The number of hydrogen-bond donors (Lipinski definition) is 0. The molecule has 0 saturated heterocycles. The van der Waals surface area contributed by atoms with Crippen LogP contribution in [-0.4, -0.2) is 9.97 Å². The summed E-state index contributed by atoms with van der Waals surface area (Å²) < 4.78 is 1.05. The van der Waals surface area contributed by atoms with E-state index in [0.29, 0.717) is 5.69 Å². The topological polar surface area (TPSA) is 49.6 Å². The van der Waals surface area contributed by atoms with Crippen molar-refractivity contribution in [3.63, 3.8) is 0 Å². The Morgan fingerprint density at radius 1 is 1.36 bits per heavy atom. The standard InChI is InChI=1S/C9H4BrN3S/c10-9-2-1-8(14-9)7-3-6(4-11)12-5-13-7/h1-3,5H. The van der Waals surface area contributed by atoms with Crippen molar-refractivity contribution in [1.29, 1.82) is 5.26 Å². The SMILES string of the molecule is N#Cc1cc(-c2ccc(Br)s2)ncn1. The third-order valence-electron chi connectivity index (χ3n) is 1.61. The molecule has 0 saturated carbocycles. The molecule has 0 N–H and O–H groups in total. The first-order valence-corrected chi connectivity index (χ1v) is 5.38. The zero-order valence-electron chi connectivity index (χ0n) is 6.94. The number of hydrogen-bond acceptors (Lipinski definition) is 4. The largest absolute Gasteiger partial charge is 0.235 e. The number of aromatic nitrogens is 2. The van der Waals surface area contributed by atoms with Crippen molar-refractivity contribution < 1.29 is 0 Å². The van der Waals surface area contributed by atoms with Crippen LogP contribution in [-0.2, 0) is 0 Å². The van der Waals surface area contributed by atoms with E-state index in [2.05, 4.69) is 25.9 Å². The average molecular weight is 266 g/mol. The first-order chi connectivity index (χ1) is 6.79. The molecular weight excluding hydrogens is 262 g/mol. The summed E-state index contributed by atoms with van der Waals surface area (Å²) in [5, 5.41) is 8.67. The summed E-state index contributed by atoms with van der Waals surface area (Å²) in [5.41, 5.74) is 1.17. The third-order valence-corrected chi connectivity index (χ3v) is 3.25. The van der Waals surface area contributed by atoms with Gasteiger partial charge >= 0.3 is 0 Å². The number of thiophene rings is 1. The highest BCUT2D eigenvalue weighted by Gasteiger charge is 2.03. The van der Waals surface area contributed by atoms with Crippen molar-refractivity contribution in [1.82, 2.24) is 9.97 Å². The maximum atomic E-state index is 8.67. The maximum Gasteiger partial charge on any atom is 0.144 e. The Hall–Kier alpha value is -1.25. The lowest BCUT2D eigenvalue weighted by molar-refractivity contribution is 1.15. The molecule has 0 spiro atoms. The van der Waals surface area contributed by atoms with Gasteiger partial charge in [-0.3, -0.25) is 0 Å². The molecular formula is C9H4BrN3S. The molecule has 3 nitrogen and oxygen atoms in total. The minimum Gasteiger partial charge on any atom is -0.235 e. The molecule has 0 fully saturated rings. The van der Waals surface area contributed by atoms with Crippen molar-refractivity contribution in [2.45, 2.75) is 0 Å². The number of halogens is 1. The molecule has 5 heteroatoms. The van der Waals surface area contributed by atoms with Crippen LogP contribution in [0.5, 0.6) is 0 Å². The Bertz CT molecular complexity index is 501. The van der Waals surface area contributed by atoms with Crippen LogP contribution < -0.4 is 0 Å². The second-order valence-electron chi connectivity index (χ2n) is 2.50. The molecule has 0 aromatic carbocycles. The highest BCUT2D eigenvalue weighted by Crippen LogP contribution is 2.29. The number of nitrogens with zero attached hydrogens (tertiary/aromatic N) is 3. The normalized spacial score (nSPS) is 9.71. The number of nitriles is 1. The predicted molar refractivity (Wildman–Crippen MR) is 57.8 cm³/mol. The first kappa shape index (κ1) is 9.31. The van der Waals surface area contributed by atoms with Crippen LogP contribution in [0.15, 0.2) is 28.3 Å². The highest BCUT2D eigenvalue weighted by molar-refractivity contribution is 9.11. The molecule has 14 heavy (non-hydrogen) atoms. The van der Waals surface area contributed by atoms with Gasteiger partial charge in [0.2, 0.25) is 0 Å². The van der Waals surface area contributed by atoms with Gasteiger partial charge in [0.1, 0.15) is 18.1 Å². The lowest BCUT2D eigenvalue weighted by Gasteiger charge is -1.94. The van der Waals surface area contributed by atoms with E-state index in [4.69, 9.17) is 5.26 Å². The molecule has 68 valence electrons. The van der Waals surface area contributed by atoms with Gasteiger partial charge in [0.15, 0.2) is 0 Å². The Morgan fingerprint density at radius 3 is 2.86 bits per heavy atom. The Labute approximate surface area is 93.2 Å². The molecule has 0 aliphatic carbocycles. The van der Waals surface area contributed by atoms with Gasteiger partial charge in [0, 0.05) is 6.07 Å². The van der Waals surface area contributed by atoms with Gasteiger partial charge in [-0.15, -0.1) is 11.3 Å². The van der Waals surface area contributed by atoms with E-state index in [1.165, 1.54) is 6.33 Å². The molecule has 0 aliphatic heterocycles. The fourth-order valence-corrected chi connectivity index (χ4v) is 2.36. The second-order valence-corrected chi connectivity index (χ2v) is 4.97. The zero-order valence-corrected chi connectivity index (χ0v) is 9.34. The molecule has 0 aliphatic rings. The minimum atomic E-state index is 0.388. The summed E-state index contributed by atoms with van der Waals surface area (Å²) in [4.78, 5) is 8.93. The molecule has 2 aromatic rings. The summed E-state index contributed by atoms with van der Waals surface area (Å²) in [6.07, 6.45) is 1.40. The third kappa shape index (κ3) is 1.81. The van der Waals surface area contributed by atoms with Gasteiger partial charge in [-0.05, 0) is 28.1 Å². The van der Waals surface area contributed by atoms with E-state index < -0.39 is 0 Å². The van der Waals surface area contributed by atoms with Gasteiger partial charge in [0.25, 0.3) is 0 Å². The molecule has 2 heterocycles. The van der Waals surface area contributed by atoms with Gasteiger partial charge in [-0.25, -0.2) is 9.97 Å². The van der Waals surface area contributed by atoms with Crippen molar-refractivity contribution >= 4 is 27.3 Å². The van der Waals surface area contributed by atoms with Crippen molar-refractivity contribution in [2.75, 3.05) is 0 Å². The molecule has 0 unspecified atom stereocenters. The van der Waals surface area contributed by atoms with Crippen LogP contribution >= 0.6 is 27.3 Å². The minimum absolute atomic E-state index is 0.388. The fraction of sp³-hybridized carbons (Fsp3) is 0. The molecule has 0 radical (unpaired) electrons. The van der Waals surface area contributed by atoms with E-state index in [9.17, 15) is 0 Å². The lowest BCUT2D eigenvalue weighted by Crippen LogP contribution is -1.86. The van der Waals surface area contributed by atoms with Crippen LogP contribution in [0, 0.1) is 11.3 Å². The highest BCUT2D eigenvalue weighted by atomic mass is 79.9. The maximum absolute atomic E-state index is 8.67. The van der Waals surface area contributed by atoms with Gasteiger partial charge in [-0.1, -0.05) is 0 Å². The van der Waals surface area contributed by atoms with E-state index in [1.54, 1.807) is 17.4 Å². The summed E-state index contributed by atoms with van der Waals surface area (Å²) >= 11 is 4.95. The van der Waals surface area contributed by atoms with Gasteiger partial charge < -0.3 is 0 Å². The average Bonchev–Trinajstić information content (AvgIpc) is 2.65. The smallest absolute Gasteiger partial charge is 0.144 e. The van der Waals surface area contributed by atoms with Crippen molar-refractivity contribution in [3.8, 4) is 16.6 Å². The lowest BCUT2D eigenvalue weighted by atomic mass is 10.3. The summed E-state index contributed by atoms with van der Waals surface area (Å²) in [6, 6.07) is 7.57. The first-order valence-electron chi connectivity index (χ1n) is 3.77. The van der Waals surface area contributed by atoms with Crippen molar-refractivity contribution in [2.24, 2.45) is 0 Å². The fourth-order valence-electron chi connectivity index (χ4n) is 1.01. The van der Waals surface area contributed by atoms with Crippen LogP contribution in [0.25, 0.3) is 10.6 Å². The summed E-state index contributed by atoms with van der Waals surface area (Å²) in [5.74, 6) is 0. The van der Waals surface area contributed by atoms with Gasteiger partial charge in [0.05, 0.1) is 14.4 Å².